The highest BCUT2D eigenvalue weighted by atomic mass is 16.2. The summed E-state index contributed by atoms with van der Waals surface area (Å²) in [5.74, 6) is 0.0140. The summed E-state index contributed by atoms with van der Waals surface area (Å²) in [6.07, 6.45) is 3.92. The second-order valence-electron chi connectivity index (χ2n) is 6.30. The number of benzene rings is 1. The SMILES string of the molecule is Cc1cc(C)n([C@@H](C)C(=O)NCCCc2c[nH]c3ccccc23)n1. The molecule has 3 aromatic rings. The zero-order chi connectivity index (χ0) is 17.1. The van der Waals surface area contributed by atoms with E-state index in [1.54, 1.807) is 4.68 Å². The van der Waals surface area contributed by atoms with Gasteiger partial charge in [0.05, 0.1) is 5.69 Å². The largest absolute Gasteiger partial charge is 0.361 e. The second kappa shape index (κ2) is 6.91. The van der Waals surface area contributed by atoms with Gasteiger partial charge in [0.25, 0.3) is 0 Å². The minimum absolute atomic E-state index is 0.0140. The van der Waals surface area contributed by atoms with Gasteiger partial charge in [-0.15, -0.1) is 0 Å². The number of aryl methyl sites for hydroxylation is 3. The third-order valence-corrected chi connectivity index (χ3v) is 4.39. The first kappa shape index (κ1) is 16.3. The molecule has 0 bridgehead atoms. The molecule has 3 rings (SSSR count). The molecule has 24 heavy (non-hydrogen) atoms. The molecule has 0 aliphatic heterocycles. The fraction of sp³-hybridized carbons (Fsp3) is 0.368. The predicted octanol–water partition coefficient (Wildman–Crippen LogP) is 3.29. The Morgan fingerprint density at radius 1 is 1.33 bits per heavy atom. The molecular weight excluding hydrogens is 300 g/mol. The number of fused-ring (bicyclic) bond motifs is 1. The average Bonchev–Trinajstić information content (AvgIpc) is 3.13. The average molecular weight is 324 g/mol. The highest BCUT2D eigenvalue weighted by Crippen LogP contribution is 2.18. The Kier molecular flexibility index (Phi) is 4.69. The van der Waals surface area contributed by atoms with Crippen LogP contribution in [0.5, 0.6) is 0 Å². The molecule has 1 amide bonds. The molecule has 1 aromatic carbocycles. The van der Waals surface area contributed by atoms with Gasteiger partial charge in [0, 0.05) is 29.3 Å². The fourth-order valence-electron chi connectivity index (χ4n) is 3.13. The molecule has 0 fully saturated rings. The van der Waals surface area contributed by atoms with Gasteiger partial charge in [-0.25, -0.2) is 0 Å². The van der Waals surface area contributed by atoms with Crippen LogP contribution in [0.2, 0.25) is 0 Å². The molecular formula is C19H24N4O. The summed E-state index contributed by atoms with van der Waals surface area (Å²) >= 11 is 0. The van der Waals surface area contributed by atoms with Gasteiger partial charge in [-0.2, -0.15) is 5.10 Å². The van der Waals surface area contributed by atoms with Crippen LogP contribution in [0.4, 0.5) is 0 Å². The molecule has 0 unspecified atom stereocenters. The van der Waals surface area contributed by atoms with E-state index >= 15 is 0 Å². The van der Waals surface area contributed by atoms with E-state index in [9.17, 15) is 4.79 Å². The van der Waals surface area contributed by atoms with Crippen LogP contribution in [0.3, 0.4) is 0 Å². The number of amides is 1. The summed E-state index contributed by atoms with van der Waals surface area (Å²) in [6, 6.07) is 10.00. The van der Waals surface area contributed by atoms with Gasteiger partial charge in [-0.05, 0) is 51.3 Å². The van der Waals surface area contributed by atoms with Crippen LogP contribution in [-0.2, 0) is 11.2 Å². The number of H-pyrrole nitrogens is 1. The predicted molar refractivity (Wildman–Crippen MR) is 96.0 cm³/mol. The molecule has 2 N–H and O–H groups in total. The number of carbonyl (C=O) groups excluding carboxylic acids is 1. The van der Waals surface area contributed by atoms with Crippen LogP contribution >= 0.6 is 0 Å². The van der Waals surface area contributed by atoms with E-state index < -0.39 is 0 Å². The van der Waals surface area contributed by atoms with Crippen LogP contribution < -0.4 is 5.32 Å². The number of aromatic amines is 1. The smallest absolute Gasteiger partial charge is 0.244 e. The lowest BCUT2D eigenvalue weighted by Gasteiger charge is -2.14. The van der Waals surface area contributed by atoms with Crippen molar-refractivity contribution < 1.29 is 4.79 Å². The molecule has 0 saturated heterocycles. The Labute approximate surface area is 142 Å². The van der Waals surface area contributed by atoms with Gasteiger partial charge in [0.15, 0.2) is 0 Å². The molecule has 0 spiro atoms. The summed E-state index contributed by atoms with van der Waals surface area (Å²) in [6.45, 7) is 6.46. The van der Waals surface area contributed by atoms with Crippen LogP contribution in [0.1, 0.15) is 36.3 Å². The number of nitrogens with one attached hydrogen (secondary N) is 2. The standard InChI is InChI=1S/C19H24N4O/c1-13-11-14(2)23(22-13)15(3)19(24)20-10-6-7-16-12-21-18-9-5-4-8-17(16)18/h4-5,8-9,11-12,15,21H,6-7,10H2,1-3H3,(H,20,24)/t15-/m0/s1. The number of nitrogens with zero attached hydrogens (tertiary/aromatic N) is 2. The minimum atomic E-state index is -0.285. The van der Waals surface area contributed by atoms with Gasteiger partial charge in [-0.1, -0.05) is 18.2 Å². The molecule has 0 aliphatic carbocycles. The van der Waals surface area contributed by atoms with Crippen LogP contribution in [0.25, 0.3) is 10.9 Å². The van der Waals surface area contributed by atoms with Crippen LogP contribution in [0, 0.1) is 13.8 Å². The van der Waals surface area contributed by atoms with Crippen molar-refractivity contribution in [2.45, 2.75) is 39.7 Å². The number of carbonyl (C=O) groups is 1. The van der Waals surface area contributed by atoms with Crippen molar-refractivity contribution >= 4 is 16.8 Å². The minimum Gasteiger partial charge on any atom is -0.361 e. The summed E-state index contributed by atoms with van der Waals surface area (Å²) in [7, 11) is 0. The maximum atomic E-state index is 12.3. The van der Waals surface area contributed by atoms with Gasteiger partial charge in [0.1, 0.15) is 6.04 Å². The summed E-state index contributed by atoms with van der Waals surface area (Å²) < 4.78 is 1.78. The molecule has 2 heterocycles. The van der Waals surface area contributed by atoms with Crippen molar-refractivity contribution in [3.63, 3.8) is 0 Å². The van der Waals surface area contributed by atoms with E-state index in [2.05, 4.69) is 39.8 Å². The number of para-hydroxylation sites is 1. The van der Waals surface area contributed by atoms with Crippen molar-refractivity contribution in [1.29, 1.82) is 0 Å². The number of rotatable bonds is 6. The topological polar surface area (TPSA) is 62.7 Å². The van der Waals surface area contributed by atoms with Crippen molar-refractivity contribution in [3.8, 4) is 0 Å². The van der Waals surface area contributed by atoms with Gasteiger partial charge < -0.3 is 10.3 Å². The monoisotopic (exact) mass is 324 g/mol. The van der Waals surface area contributed by atoms with E-state index in [0.29, 0.717) is 6.54 Å². The molecule has 0 radical (unpaired) electrons. The lowest BCUT2D eigenvalue weighted by atomic mass is 10.1. The number of hydrogen-bond acceptors (Lipinski definition) is 2. The van der Waals surface area contributed by atoms with Crippen molar-refractivity contribution in [1.82, 2.24) is 20.1 Å². The first-order valence-electron chi connectivity index (χ1n) is 8.41. The molecule has 5 nitrogen and oxygen atoms in total. The van der Waals surface area contributed by atoms with E-state index in [1.807, 2.05) is 32.9 Å². The Morgan fingerprint density at radius 3 is 2.88 bits per heavy atom. The van der Waals surface area contributed by atoms with Crippen LogP contribution in [-0.4, -0.2) is 27.2 Å². The van der Waals surface area contributed by atoms with Crippen molar-refractivity contribution in [3.05, 3.63) is 53.5 Å². The lowest BCUT2D eigenvalue weighted by molar-refractivity contribution is -0.124. The molecule has 2 aromatic heterocycles. The quantitative estimate of drug-likeness (QED) is 0.683. The molecule has 0 saturated carbocycles. The van der Waals surface area contributed by atoms with E-state index in [0.717, 1.165) is 29.7 Å². The lowest BCUT2D eigenvalue weighted by Crippen LogP contribution is -2.32. The fourth-order valence-corrected chi connectivity index (χ4v) is 3.13. The highest BCUT2D eigenvalue weighted by Gasteiger charge is 2.17. The van der Waals surface area contributed by atoms with Gasteiger partial charge in [0.2, 0.25) is 5.91 Å². The summed E-state index contributed by atoms with van der Waals surface area (Å²) in [4.78, 5) is 15.6. The van der Waals surface area contributed by atoms with Crippen LogP contribution in [0.15, 0.2) is 36.5 Å². The normalized spacial score (nSPS) is 12.5. The van der Waals surface area contributed by atoms with Gasteiger partial charge >= 0.3 is 0 Å². The van der Waals surface area contributed by atoms with E-state index in [-0.39, 0.29) is 11.9 Å². The first-order chi connectivity index (χ1) is 11.6. The number of hydrogen-bond donors (Lipinski definition) is 2. The number of aromatic nitrogens is 3. The molecule has 126 valence electrons. The Morgan fingerprint density at radius 2 is 2.12 bits per heavy atom. The highest BCUT2D eigenvalue weighted by molar-refractivity contribution is 5.83. The molecule has 0 aliphatic rings. The maximum Gasteiger partial charge on any atom is 0.244 e. The van der Waals surface area contributed by atoms with Crippen molar-refractivity contribution in [2.24, 2.45) is 0 Å². The third-order valence-electron chi connectivity index (χ3n) is 4.39. The second-order valence-corrected chi connectivity index (χ2v) is 6.30. The van der Waals surface area contributed by atoms with E-state index in [1.165, 1.54) is 10.9 Å². The molecule has 1 atom stereocenters. The maximum absolute atomic E-state index is 12.3. The van der Waals surface area contributed by atoms with E-state index in [4.69, 9.17) is 0 Å². The summed E-state index contributed by atoms with van der Waals surface area (Å²) in [5, 5.41) is 8.67. The zero-order valence-electron chi connectivity index (χ0n) is 14.5. The van der Waals surface area contributed by atoms with Gasteiger partial charge in [-0.3, -0.25) is 9.48 Å². The summed E-state index contributed by atoms with van der Waals surface area (Å²) in [5.41, 5.74) is 4.40. The Balaban J connectivity index is 1.51. The zero-order valence-corrected chi connectivity index (χ0v) is 14.5. The third kappa shape index (κ3) is 3.35. The first-order valence-corrected chi connectivity index (χ1v) is 8.41. The molecule has 5 heteroatoms. The Hall–Kier alpha value is -2.56. The Bertz CT molecular complexity index is 846. The van der Waals surface area contributed by atoms with Crippen molar-refractivity contribution in [2.75, 3.05) is 6.54 Å².